The van der Waals surface area contributed by atoms with Crippen molar-refractivity contribution < 1.29 is 9.59 Å². The third kappa shape index (κ3) is 3.13. The van der Waals surface area contributed by atoms with Gasteiger partial charge in [-0.15, -0.1) is 0 Å². The van der Waals surface area contributed by atoms with Crippen molar-refractivity contribution in [2.75, 3.05) is 38.1 Å². The lowest BCUT2D eigenvalue weighted by Gasteiger charge is -2.46. The molecule has 0 aromatic heterocycles. The van der Waals surface area contributed by atoms with E-state index in [0.717, 1.165) is 38.0 Å². The van der Waals surface area contributed by atoms with E-state index in [1.165, 1.54) is 19.3 Å². The molecule has 1 spiro atoms. The van der Waals surface area contributed by atoms with E-state index < -0.39 is 0 Å². The van der Waals surface area contributed by atoms with Gasteiger partial charge in [-0.1, -0.05) is 37.5 Å². The fraction of sp³-hybridized carbons (Fsp3) is 0.619. The van der Waals surface area contributed by atoms with E-state index in [9.17, 15) is 9.59 Å². The smallest absolute Gasteiger partial charge is 0.241 e. The Kier molecular flexibility index (Phi) is 4.74. The van der Waals surface area contributed by atoms with Crippen LogP contribution in [0.5, 0.6) is 0 Å². The van der Waals surface area contributed by atoms with E-state index in [1.54, 1.807) is 0 Å². The first-order valence-corrected chi connectivity index (χ1v) is 9.94. The van der Waals surface area contributed by atoms with Crippen LogP contribution in [0.15, 0.2) is 30.3 Å². The molecule has 1 atom stereocenters. The van der Waals surface area contributed by atoms with Crippen LogP contribution in [0.3, 0.4) is 0 Å². The van der Waals surface area contributed by atoms with E-state index in [4.69, 9.17) is 0 Å². The summed E-state index contributed by atoms with van der Waals surface area (Å²) in [5.41, 5.74) is 0.843. The number of piperazine rings is 1. The molecule has 5 heteroatoms. The van der Waals surface area contributed by atoms with Gasteiger partial charge in [0.05, 0.1) is 12.1 Å². The minimum absolute atomic E-state index is 0.117. The third-order valence-corrected chi connectivity index (χ3v) is 6.60. The summed E-state index contributed by atoms with van der Waals surface area (Å²) in [5, 5.41) is 0. The summed E-state index contributed by atoms with van der Waals surface area (Å²) >= 11 is 0. The SMILES string of the molecule is CN1CC(=O)N(c2ccccc2)CC12CCN(C(=O)C1CCCCC1)C2. The number of likely N-dealkylation sites (N-methyl/N-ethyl adjacent to an activating group) is 1. The lowest BCUT2D eigenvalue weighted by atomic mass is 9.88. The van der Waals surface area contributed by atoms with E-state index in [1.807, 2.05) is 42.3 Å². The highest BCUT2D eigenvalue weighted by molar-refractivity contribution is 5.96. The van der Waals surface area contributed by atoms with Crippen molar-refractivity contribution in [2.45, 2.75) is 44.1 Å². The molecule has 3 fully saturated rings. The van der Waals surface area contributed by atoms with Crippen molar-refractivity contribution in [1.29, 1.82) is 0 Å². The van der Waals surface area contributed by atoms with Crippen molar-refractivity contribution in [3.05, 3.63) is 30.3 Å². The van der Waals surface area contributed by atoms with Crippen LogP contribution < -0.4 is 4.90 Å². The van der Waals surface area contributed by atoms with E-state index >= 15 is 0 Å². The van der Waals surface area contributed by atoms with Gasteiger partial charge in [-0.05, 0) is 38.4 Å². The molecule has 26 heavy (non-hydrogen) atoms. The number of para-hydroxylation sites is 1. The maximum absolute atomic E-state index is 13.0. The molecule has 0 radical (unpaired) electrons. The second kappa shape index (κ2) is 7.03. The Bertz CT molecular complexity index is 671. The standard InChI is InChI=1S/C21H29N3O2/c1-22-14-19(25)24(18-10-6-3-7-11-18)16-21(22)12-13-23(15-21)20(26)17-8-4-2-5-9-17/h3,6-7,10-11,17H,2,4-5,8-9,12-16H2,1H3. The Morgan fingerprint density at radius 2 is 1.81 bits per heavy atom. The first-order chi connectivity index (χ1) is 12.6. The predicted molar refractivity (Wildman–Crippen MR) is 102 cm³/mol. The topological polar surface area (TPSA) is 43.9 Å². The van der Waals surface area contributed by atoms with Crippen LogP contribution in [0.2, 0.25) is 0 Å². The molecule has 1 aromatic carbocycles. The normalized spacial score (nSPS) is 28.1. The molecule has 0 N–H and O–H groups in total. The quantitative estimate of drug-likeness (QED) is 0.819. The number of rotatable bonds is 2. The number of amides is 2. The monoisotopic (exact) mass is 355 g/mol. The lowest BCUT2D eigenvalue weighted by Crippen LogP contribution is -2.64. The molecular formula is C21H29N3O2. The summed E-state index contributed by atoms with van der Waals surface area (Å²) in [6, 6.07) is 9.91. The van der Waals surface area contributed by atoms with Crippen molar-refractivity contribution in [1.82, 2.24) is 9.80 Å². The minimum atomic E-state index is -0.117. The highest BCUT2D eigenvalue weighted by Gasteiger charge is 2.49. The second-order valence-corrected chi connectivity index (χ2v) is 8.24. The van der Waals surface area contributed by atoms with Crippen LogP contribution in [0.25, 0.3) is 0 Å². The van der Waals surface area contributed by atoms with Gasteiger partial charge in [0.1, 0.15) is 0 Å². The Morgan fingerprint density at radius 1 is 1.08 bits per heavy atom. The molecular weight excluding hydrogens is 326 g/mol. The number of hydrogen-bond donors (Lipinski definition) is 0. The lowest BCUT2D eigenvalue weighted by molar-refractivity contribution is -0.136. The average molecular weight is 355 g/mol. The van der Waals surface area contributed by atoms with E-state index in [2.05, 4.69) is 9.80 Å². The highest BCUT2D eigenvalue weighted by Crippen LogP contribution is 2.35. The Hall–Kier alpha value is -1.88. The number of hydrogen-bond acceptors (Lipinski definition) is 3. The molecule has 1 unspecified atom stereocenters. The fourth-order valence-electron chi connectivity index (χ4n) is 4.90. The molecule has 1 aliphatic carbocycles. The number of nitrogens with zero attached hydrogens (tertiary/aromatic N) is 3. The minimum Gasteiger partial charge on any atom is -0.340 e. The number of benzene rings is 1. The summed E-state index contributed by atoms with van der Waals surface area (Å²) in [5.74, 6) is 0.708. The van der Waals surface area contributed by atoms with Gasteiger partial charge in [0.2, 0.25) is 11.8 Å². The molecule has 2 aliphatic heterocycles. The van der Waals surface area contributed by atoms with Gasteiger partial charge in [-0.3, -0.25) is 14.5 Å². The largest absolute Gasteiger partial charge is 0.340 e. The van der Waals surface area contributed by atoms with Crippen LogP contribution in [0.4, 0.5) is 5.69 Å². The van der Waals surface area contributed by atoms with Crippen LogP contribution in [0, 0.1) is 5.92 Å². The number of carbonyl (C=O) groups is 2. The Labute approximate surface area is 155 Å². The van der Waals surface area contributed by atoms with Crippen LogP contribution in [0.1, 0.15) is 38.5 Å². The van der Waals surface area contributed by atoms with Crippen molar-refractivity contribution in [3.8, 4) is 0 Å². The molecule has 1 saturated carbocycles. The summed E-state index contributed by atoms with van der Waals surface area (Å²) < 4.78 is 0. The molecule has 2 saturated heterocycles. The highest BCUT2D eigenvalue weighted by atomic mass is 16.2. The molecule has 2 heterocycles. The summed E-state index contributed by atoms with van der Waals surface area (Å²) in [6.07, 6.45) is 6.68. The predicted octanol–water partition coefficient (Wildman–Crippen LogP) is 2.52. The number of likely N-dealkylation sites (tertiary alicyclic amines) is 1. The Morgan fingerprint density at radius 3 is 2.54 bits per heavy atom. The van der Waals surface area contributed by atoms with E-state index in [0.29, 0.717) is 19.0 Å². The zero-order valence-corrected chi connectivity index (χ0v) is 15.7. The van der Waals surface area contributed by atoms with E-state index in [-0.39, 0.29) is 17.4 Å². The van der Waals surface area contributed by atoms with Gasteiger partial charge in [-0.2, -0.15) is 0 Å². The first kappa shape index (κ1) is 17.5. The molecule has 140 valence electrons. The van der Waals surface area contributed by atoms with Gasteiger partial charge in [-0.25, -0.2) is 0 Å². The maximum atomic E-state index is 13.0. The summed E-state index contributed by atoms with van der Waals surface area (Å²) in [7, 11) is 2.04. The van der Waals surface area contributed by atoms with Crippen LogP contribution in [-0.2, 0) is 9.59 Å². The molecule has 0 bridgehead atoms. The zero-order valence-electron chi connectivity index (χ0n) is 15.7. The van der Waals surface area contributed by atoms with Gasteiger partial charge < -0.3 is 9.80 Å². The molecule has 3 aliphatic rings. The summed E-state index contributed by atoms with van der Waals surface area (Å²) in [6.45, 7) is 2.65. The number of carbonyl (C=O) groups excluding carboxylic acids is 2. The Balaban J connectivity index is 1.50. The van der Waals surface area contributed by atoms with Crippen molar-refractivity contribution in [3.63, 3.8) is 0 Å². The van der Waals surface area contributed by atoms with Crippen LogP contribution in [-0.4, -0.2) is 60.4 Å². The van der Waals surface area contributed by atoms with Gasteiger partial charge >= 0.3 is 0 Å². The molecule has 1 aromatic rings. The first-order valence-electron chi connectivity index (χ1n) is 9.94. The summed E-state index contributed by atoms with van der Waals surface area (Å²) in [4.78, 5) is 31.8. The van der Waals surface area contributed by atoms with Crippen LogP contribution >= 0.6 is 0 Å². The third-order valence-electron chi connectivity index (χ3n) is 6.60. The van der Waals surface area contributed by atoms with Crippen molar-refractivity contribution >= 4 is 17.5 Å². The number of anilines is 1. The average Bonchev–Trinajstić information content (AvgIpc) is 3.11. The molecule has 2 amide bonds. The second-order valence-electron chi connectivity index (χ2n) is 8.24. The maximum Gasteiger partial charge on any atom is 0.241 e. The van der Waals surface area contributed by atoms with Gasteiger partial charge in [0, 0.05) is 31.2 Å². The molecule has 5 nitrogen and oxygen atoms in total. The van der Waals surface area contributed by atoms with Gasteiger partial charge in [0.25, 0.3) is 0 Å². The fourth-order valence-corrected chi connectivity index (χ4v) is 4.90. The van der Waals surface area contributed by atoms with Crippen molar-refractivity contribution in [2.24, 2.45) is 5.92 Å². The molecule has 4 rings (SSSR count). The van der Waals surface area contributed by atoms with Gasteiger partial charge in [0.15, 0.2) is 0 Å². The zero-order chi connectivity index (χ0) is 18.1.